The Labute approximate surface area is 184 Å². The van der Waals surface area contributed by atoms with Crippen LogP contribution >= 0.6 is 0 Å². The standard InChI is InChI=1S/C23H27F3N4O2/c24-23(25,26)19-10-12-30-21(31)13-20(28-14-17-8-9-18(15-28)32-17)27-22(30)29(19)11-4-7-16-5-2-1-3-6-16/h1-3,5-6,13,17-19H,4,7-12,14-15H2/t17?,18?,19-/m0/s1. The number of anilines is 2. The Morgan fingerprint density at radius 1 is 1.06 bits per heavy atom. The fraction of sp³-hybridized carbons (Fsp3) is 0.565. The van der Waals surface area contributed by atoms with Crippen molar-refractivity contribution in [1.82, 2.24) is 9.55 Å². The van der Waals surface area contributed by atoms with Crippen LogP contribution in [0.3, 0.4) is 0 Å². The van der Waals surface area contributed by atoms with Crippen molar-refractivity contribution in [2.24, 2.45) is 0 Å². The number of aromatic nitrogens is 2. The van der Waals surface area contributed by atoms with Crippen LogP contribution in [-0.2, 0) is 17.7 Å². The summed E-state index contributed by atoms with van der Waals surface area (Å²) in [6, 6.07) is 9.53. The Balaban J connectivity index is 1.43. The monoisotopic (exact) mass is 448 g/mol. The largest absolute Gasteiger partial charge is 0.408 e. The van der Waals surface area contributed by atoms with E-state index >= 15 is 0 Å². The third-order valence-electron chi connectivity index (χ3n) is 6.69. The number of hydrogen-bond donors (Lipinski definition) is 0. The number of alkyl halides is 3. The van der Waals surface area contributed by atoms with E-state index in [4.69, 9.17) is 4.74 Å². The van der Waals surface area contributed by atoms with Crippen molar-refractivity contribution in [1.29, 1.82) is 0 Å². The maximum atomic E-state index is 13.9. The van der Waals surface area contributed by atoms with E-state index < -0.39 is 12.2 Å². The first-order valence-electron chi connectivity index (χ1n) is 11.3. The van der Waals surface area contributed by atoms with Gasteiger partial charge in [0.05, 0.1) is 12.2 Å². The Morgan fingerprint density at radius 3 is 2.47 bits per heavy atom. The van der Waals surface area contributed by atoms with E-state index in [1.54, 1.807) is 0 Å². The molecule has 32 heavy (non-hydrogen) atoms. The van der Waals surface area contributed by atoms with Crippen LogP contribution < -0.4 is 15.4 Å². The SMILES string of the molecule is O=c1cc(N2CC3CCC(C2)O3)nc2n1CC[C@@H](C(F)(F)F)N2CCCc1ccccc1. The third-order valence-corrected chi connectivity index (χ3v) is 6.69. The summed E-state index contributed by atoms with van der Waals surface area (Å²) in [6.45, 7) is 1.44. The maximum Gasteiger partial charge on any atom is 0.408 e. The molecule has 1 aromatic carbocycles. The summed E-state index contributed by atoms with van der Waals surface area (Å²) in [7, 11) is 0. The molecule has 2 fully saturated rings. The molecule has 3 atom stereocenters. The molecule has 1 aromatic heterocycles. The van der Waals surface area contributed by atoms with Gasteiger partial charge in [0, 0.05) is 32.2 Å². The van der Waals surface area contributed by atoms with E-state index in [1.165, 1.54) is 15.5 Å². The van der Waals surface area contributed by atoms with Gasteiger partial charge in [0.25, 0.3) is 5.56 Å². The molecule has 0 N–H and O–H groups in total. The normalized spacial score (nSPS) is 25.2. The van der Waals surface area contributed by atoms with Crippen LogP contribution in [0.4, 0.5) is 24.9 Å². The Bertz CT molecular complexity index is 999. The van der Waals surface area contributed by atoms with Gasteiger partial charge in [-0.25, -0.2) is 0 Å². The Kier molecular flexibility index (Phi) is 5.61. The molecule has 5 rings (SSSR count). The lowest BCUT2D eigenvalue weighted by atomic mass is 10.1. The molecule has 0 radical (unpaired) electrons. The highest BCUT2D eigenvalue weighted by Gasteiger charge is 2.47. The van der Waals surface area contributed by atoms with Gasteiger partial charge in [-0.05, 0) is 37.7 Å². The molecule has 172 valence electrons. The third kappa shape index (κ3) is 4.22. The lowest BCUT2D eigenvalue weighted by Crippen LogP contribution is -2.53. The number of ether oxygens (including phenoxy) is 1. The van der Waals surface area contributed by atoms with Crippen LogP contribution in [-0.4, -0.2) is 53.6 Å². The summed E-state index contributed by atoms with van der Waals surface area (Å²) in [4.78, 5) is 20.8. The molecule has 4 heterocycles. The van der Waals surface area contributed by atoms with Gasteiger partial charge in [0.2, 0.25) is 5.95 Å². The van der Waals surface area contributed by atoms with Crippen molar-refractivity contribution in [2.75, 3.05) is 29.4 Å². The average molecular weight is 448 g/mol. The first-order valence-corrected chi connectivity index (χ1v) is 11.3. The first kappa shape index (κ1) is 21.3. The minimum absolute atomic E-state index is 0.0230. The molecule has 3 aliphatic rings. The van der Waals surface area contributed by atoms with Crippen molar-refractivity contribution < 1.29 is 17.9 Å². The second kappa shape index (κ2) is 8.42. The van der Waals surface area contributed by atoms with Crippen LogP contribution in [0.15, 0.2) is 41.2 Å². The number of aryl methyl sites for hydroxylation is 1. The van der Waals surface area contributed by atoms with E-state index in [1.807, 2.05) is 35.2 Å². The molecule has 2 bridgehead atoms. The molecule has 0 spiro atoms. The quantitative estimate of drug-likeness (QED) is 0.702. The molecule has 0 saturated carbocycles. The molecule has 2 aromatic rings. The van der Waals surface area contributed by atoms with Crippen LogP contribution in [0.25, 0.3) is 0 Å². The molecule has 2 unspecified atom stereocenters. The lowest BCUT2D eigenvalue weighted by molar-refractivity contribution is -0.152. The topological polar surface area (TPSA) is 50.6 Å². The van der Waals surface area contributed by atoms with Gasteiger partial charge in [-0.3, -0.25) is 9.36 Å². The minimum atomic E-state index is -4.39. The summed E-state index contributed by atoms with van der Waals surface area (Å²) < 4.78 is 49.0. The maximum absolute atomic E-state index is 13.9. The van der Waals surface area contributed by atoms with Gasteiger partial charge in [-0.15, -0.1) is 0 Å². The van der Waals surface area contributed by atoms with Gasteiger partial charge in [-0.2, -0.15) is 18.2 Å². The lowest BCUT2D eigenvalue weighted by Gasteiger charge is -2.40. The average Bonchev–Trinajstić information content (AvgIpc) is 3.11. The highest BCUT2D eigenvalue weighted by atomic mass is 19.4. The van der Waals surface area contributed by atoms with Gasteiger partial charge in [-0.1, -0.05) is 30.3 Å². The van der Waals surface area contributed by atoms with Gasteiger partial charge >= 0.3 is 6.18 Å². The van der Waals surface area contributed by atoms with E-state index in [0.29, 0.717) is 31.7 Å². The Hall–Kier alpha value is -2.55. The fourth-order valence-corrected chi connectivity index (χ4v) is 5.12. The Morgan fingerprint density at radius 2 is 1.78 bits per heavy atom. The number of benzene rings is 1. The number of rotatable bonds is 5. The summed E-state index contributed by atoms with van der Waals surface area (Å²) in [5.41, 5.74) is 0.786. The fourth-order valence-electron chi connectivity index (χ4n) is 5.12. The van der Waals surface area contributed by atoms with Crippen molar-refractivity contribution in [3.05, 3.63) is 52.3 Å². The van der Waals surface area contributed by atoms with Gasteiger partial charge in [0.1, 0.15) is 11.9 Å². The predicted octanol–water partition coefficient (Wildman–Crippen LogP) is 3.38. The molecule has 2 saturated heterocycles. The molecule has 0 amide bonds. The zero-order valence-electron chi connectivity index (χ0n) is 17.8. The van der Waals surface area contributed by atoms with Crippen molar-refractivity contribution >= 4 is 11.8 Å². The second-order valence-electron chi connectivity index (χ2n) is 8.90. The van der Waals surface area contributed by atoms with E-state index in [-0.39, 0.29) is 43.2 Å². The number of halogens is 3. The molecular weight excluding hydrogens is 421 g/mol. The zero-order chi connectivity index (χ0) is 22.3. The van der Waals surface area contributed by atoms with Crippen molar-refractivity contribution in [2.45, 2.75) is 63.1 Å². The summed E-state index contributed by atoms with van der Waals surface area (Å²) in [5.74, 6) is 0.588. The zero-order valence-corrected chi connectivity index (χ0v) is 17.8. The smallest absolute Gasteiger partial charge is 0.371 e. The van der Waals surface area contributed by atoms with Crippen molar-refractivity contribution in [3.8, 4) is 0 Å². The number of nitrogens with zero attached hydrogens (tertiary/aromatic N) is 4. The van der Waals surface area contributed by atoms with E-state index in [9.17, 15) is 18.0 Å². The van der Waals surface area contributed by atoms with Crippen LogP contribution in [0.1, 0.15) is 31.2 Å². The van der Waals surface area contributed by atoms with Crippen molar-refractivity contribution in [3.63, 3.8) is 0 Å². The summed E-state index contributed by atoms with van der Waals surface area (Å²) in [5, 5.41) is 0. The number of morpholine rings is 1. The first-order chi connectivity index (χ1) is 15.4. The molecular formula is C23H27F3N4O2. The van der Waals surface area contributed by atoms with Gasteiger partial charge in [0.15, 0.2) is 0 Å². The summed E-state index contributed by atoms with van der Waals surface area (Å²) >= 11 is 0. The van der Waals surface area contributed by atoms with Gasteiger partial charge < -0.3 is 14.5 Å². The molecule has 0 aliphatic carbocycles. The number of hydrogen-bond acceptors (Lipinski definition) is 5. The van der Waals surface area contributed by atoms with Crippen LogP contribution in [0.2, 0.25) is 0 Å². The second-order valence-corrected chi connectivity index (χ2v) is 8.90. The van der Waals surface area contributed by atoms with Crippen LogP contribution in [0, 0.1) is 0 Å². The highest BCUT2D eigenvalue weighted by molar-refractivity contribution is 5.47. The van der Waals surface area contributed by atoms with E-state index in [2.05, 4.69) is 4.98 Å². The molecule has 3 aliphatic heterocycles. The molecule has 6 nitrogen and oxygen atoms in total. The molecule has 9 heteroatoms. The highest BCUT2D eigenvalue weighted by Crippen LogP contribution is 2.35. The summed E-state index contributed by atoms with van der Waals surface area (Å²) in [6.07, 6.45) is -1.20. The minimum Gasteiger partial charge on any atom is -0.371 e. The number of fused-ring (bicyclic) bond motifs is 3. The van der Waals surface area contributed by atoms with E-state index in [0.717, 1.165) is 18.4 Å². The van der Waals surface area contributed by atoms with Crippen LogP contribution in [0.5, 0.6) is 0 Å². The predicted molar refractivity (Wildman–Crippen MR) is 115 cm³/mol.